The van der Waals surface area contributed by atoms with E-state index in [9.17, 15) is 9.18 Å². The summed E-state index contributed by atoms with van der Waals surface area (Å²) in [6.07, 6.45) is 3.08. The second-order valence-corrected chi connectivity index (χ2v) is 6.33. The van der Waals surface area contributed by atoms with Crippen LogP contribution in [0.1, 0.15) is 31.5 Å². The molecule has 0 spiro atoms. The summed E-state index contributed by atoms with van der Waals surface area (Å²) in [5.74, 6) is 0.544. The predicted octanol–water partition coefficient (Wildman–Crippen LogP) is 2.80. The van der Waals surface area contributed by atoms with Gasteiger partial charge in [0.1, 0.15) is 24.6 Å². The molecule has 1 aromatic carbocycles. The maximum Gasteiger partial charge on any atom is 0.248 e. The number of hydrogen-bond donors (Lipinski definition) is 0. The van der Waals surface area contributed by atoms with Gasteiger partial charge in [-0.05, 0) is 38.0 Å². The lowest BCUT2D eigenvalue weighted by atomic mass is 9.96. The zero-order valence-electron chi connectivity index (χ0n) is 14.0. The minimum absolute atomic E-state index is 0.0204. The van der Waals surface area contributed by atoms with Gasteiger partial charge in [0, 0.05) is 25.6 Å². The van der Waals surface area contributed by atoms with Crippen LogP contribution < -0.4 is 0 Å². The van der Waals surface area contributed by atoms with Gasteiger partial charge >= 0.3 is 0 Å². The summed E-state index contributed by atoms with van der Waals surface area (Å²) in [5.41, 5.74) is 0.675. The number of ether oxygens (including phenoxy) is 1. The standard InChI is InChI=1S/C17H20ClFN4O2/c1-2-25-10-16(24)22-7-5-12(6-8-22)17-20-11-21-23(17)13-3-4-15(19)14(18)9-13/h3-4,9,11-12H,2,5-8,10H2,1H3. The van der Waals surface area contributed by atoms with Crippen LogP contribution in [-0.2, 0) is 9.53 Å². The van der Waals surface area contributed by atoms with Crippen LogP contribution in [0.3, 0.4) is 0 Å². The fourth-order valence-electron chi connectivity index (χ4n) is 3.01. The van der Waals surface area contributed by atoms with Crippen LogP contribution >= 0.6 is 11.6 Å². The van der Waals surface area contributed by atoms with Gasteiger partial charge in [-0.1, -0.05) is 11.6 Å². The Labute approximate surface area is 150 Å². The third-order valence-electron chi connectivity index (χ3n) is 4.36. The van der Waals surface area contributed by atoms with Crippen molar-refractivity contribution in [1.82, 2.24) is 19.7 Å². The van der Waals surface area contributed by atoms with Crippen molar-refractivity contribution in [3.05, 3.63) is 41.2 Å². The van der Waals surface area contributed by atoms with Crippen molar-refractivity contribution >= 4 is 17.5 Å². The number of piperidine rings is 1. The maximum absolute atomic E-state index is 13.4. The van der Waals surface area contributed by atoms with E-state index in [1.165, 1.54) is 18.5 Å². The third kappa shape index (κ3) is 3.99. The number of nitrogens with zero attached hydrogens (tertiary/aromatic N) is 4. The van der Waals surface area contributed by atoms with Crippen LogP contribution in [0.25, 0.3) is 5.69 Å². The highest BCUT2D eigenvalue weighted by Crippen LogP contribution is 2.28. The minimum atomic E-state index is -0.465. The van der Waals surface area contributed by atoms with Gasteiger partial charge < -0.3 is 9.64 Å². The van der Waals surface area contributed by atoms with Gasteiger partial charge in [-0.25, -0.2) is 14.1 Å². The molecule has 0 saturated carbocycles. The molecule has 0 atom stereocenters. The van der Waals surface area contributed by atoms with E-state index in [4.69, 9.17) is 16.3 Å². The van der Waals surface area contributed by atoms with Gasteiger partial charge in [0.15, 0.2) is 0 Å². The van der Waals surface area contributed by atoms with Crippen molar-refractivity contribution in [1.29, 1.82) is 0 Å². The number of halogens is 2. The highest BCUT2D eigenvalue weighted by atomic mass is 35.5. The maximum atomic E-state index is 13.4. The molecule has 1 aliphatic rings. The molecule has 134 valence electrons. The number of rotatable bonds is 5. The van der Waals surface area contributed by atoms with Gasteiger partial charge in [-0.3, -0.25) is 4.79 Å². The van der Waals surface area contributed by atoms with Crippen LogP contribution in [0.2, 0.25) is 5.02 Å². The Bertz CT molecular complexity index is 744. The van der Waals surface area contributed by atoms with Crippen molar-refractivity contribution in [2.45, 2.75) is 25.7 Å². The molecule has 0 N–H and O–H groups in total. The van der Waals surface area contributed by atoms with Crippen molar-refractivity contribution in [2.75, 3.05) is 26.3 Å². The molecule has 1 aromatic heterocycles. The fourth-order valence-corrected chi connectivity index (χ4v) is 3.19. The average Bonchev–Trinajstić information content (AvgIpc) is 3.12. The zero-order valence-corrected chi connectivity index (χ0v) is 14.7. The summed E-state index contributed by atoms with van der Waals surface area (Å²) >= 11 is 5.87. The first-order valence-corrected chi connectivity index (χ1v) is 8.68. The Morgan fingerprint density at radius 3 is 2.84 bits per heavy atom. The number of likely N-dealkylation sites (tertiary alicyclic amines) is 1. The predicted molar refractivity (Wildman–Crippen MR) is 91.4 cm³/mol. The number of aromatic nitrogens is 3. The summed E-state index contributed by atoms with van der Waals surface area (Å²) < 4.78 is 20.3. The van der Waals surface area contributed by atoms with E-state index in [0.29, 0.717) is 25.4 Å². The van der Waals surface area contributed by atoms with E-state index >= 15 is 0 Å². The Balaban J connectivity index is 1.70. The number of hydrogen-bond acceptors (Lipinski definition) is 4. The third-order valence-corrected chi connectivity index (χ3v) is 4.65. The van der Waals surface area contributed by atoms with Crippen LogP contribution in [0, 0.1) is 5.82 Å². The Morgan fingerprint density at radius 1 is 1.40 bits per heavy atom. The largest absolute Gasteiger partial charge is 0.372 e. The highest BCUT2D eigenvalue weighted by Gasteiger charge is 2.27. The quantitative estimate of drug-likeness (QED) is 0.816. The van der Waals surface area contributed by atoms with E-state index < -0.39 is 5.82 Å². The van der Waals surface area contributed by atoms with E-state index in [2.05, 4.69) is 10.1 Å². The first-order chi connectivity index (χ1) is 12.1. The first-order valence-electron chi connectivity index (χ1n) is 8.31. The van der Waals surface area contributed by atoms with Gasteiger partial charge in [0.05, 0.1) is 10.7 Å². The van der Waals surface area contributed by atoms with Crippen LogP contribution in [0.5, 0.6) is 0 Å². The molecule has 1 amide bonds. The van der Waals surface area contributed by atoms with Crippen LogP contribution in [0.4, 0.5) is 4.39 Å². The van der Waals surface area contributed by atoms with E-state index in [0.717, 1.165) is 18.7 Å². The van der Waals surface area contributed by atoms with Gasteiger partial charge in [0.2, 0.25) is 5.91 Å². The molecule has 0 unspecified atom stereocenters. The summed E-state index contributed by atoms with van der Waals surface area (Å²) in [6.45, 7) is 3.85. The lowest BCUT2D eigenvalue weighted by Gasteiger charge is -2.31. The molecule has 1 saturated heterocycles. The van der Waals surface area contributed by atoms with Gasteiger partial charge in [-0.15, -0.1) is 0 Å². The molecular formula is C17H20ClFN4O2. The summed E-state index contributed by atoms with van der Waals surface area (Å²) in [7, 11) is 0. The topological polar surface area (TPSA) is 60.2 Å². The normalized spacial score (nSPS) is 15.6. The lowest BCUT2D eigenvalue weighted by Crippen LogP contribution is -2.40. The van der Waals surface area contributed by atoms with Crippen molar-refractivity contribution in [3.8, 4) is 5.69 Å². The SMILES string of the molecule is CCOCC(=O)N1CCC(c2ncnn2-c2ccc(F)c(Cl)c2)CC1. The second-order valence-electron chi connectivity index (χ2n) is 5.92. The van der Waals surface area contributed by atoms with Crippen LogP contribution in [0.15, 0.2) is 24.5 Å². The second kappa shape index (κ2) is 7.93. The molecular weight excluding hydrogens is 347 g/mol. The smallest absolute Gasteiger partial charge is 0.248 e. The number of amides is 1. The lowest BCUT2D eigenvalue weighted by molar-refractivity contribution is -0.137. The molecule has 1 aliphatic heterocycles. The number of carbonyl (C=O) groups is 1. The number of carbonyl (C=O) groups excluding carboxylic acids is 1. The number of benzene rings is 1. The van der Waals surface area contributed by atoms with Crippen molar-refractivity contribution in [3.63, 3.8) is 0 Å². The van der Waals surface area contributed by atoms with E-state index in [-0.39, 0.29) is 23.5 Å². The van der Waals surface area contributed by atoms with Crippen molar-refractivity contribution < 1.29 is 13.9 Å². The molecule has 0 radical (unpaired) electrons. The summed E-state index contributed by atoms with van der Waals surface area (Å²) in [6, 6.07) is 4.48. The van der Waals surface area contributed by atoms with Gasteiger partial charge in [0.25, 0.3) is 0 Å². The van der Waals surface area contributed by atoms with Crippen LogP contribution in [-0.4, -0.2) is 51.9 Å². The fraction of sp³-hybridized carbons (Fsp3) is 0.471. The molecule has 0 bridgehead atoms. The van der Waals surface area contributed by atoms with Gasteiger partial charge in [-0.2, -0.15) is 5.10 Å². The summed E-state index contributed by atoms with van der Waals surface area (Å²) in [5, 5.41) is 4.30. The van der Waals surface area contributed by atoms with E-state index in [1.807, 2.05) is 11.8 Å². The Morgan fingerprint density at radius 2 is 2.16 bits per heavy atom. The highest BCUT2D eigenvalue weighted by molar-refractivity contribution is 6.30. The molecule has 8 heteroatoms. The molecule has 2 aromatic rings. The average molecular weight is 367 g/mol. The Kier molecular flexibility index (Phi) is 5.65. The van der Waals surface area contributed by atoms with Crippen molar-refractivity contribution in [2.24, 2.45) is 0 Å². The monoisotopic (exact) mass is 366 g/mol. The zero-order chi connectivity index (χ0) is 17.8. The first kappa shape index (κ1) is 17.8. The molecule has 1 fully saturated rings. The van der Waals surface area contributed by atoms with E-state index in [1.54, 1.807) is 10.7 Å². The molecule has 3 rings (SSSR count). The molecule has 0 aliphatic carbocycles. The molecule has 2 heterocycles. The molecule has 25 heavy (non-hydrogen) atoms. The summed E-state index contributed by atoms with van der Waals surface area (Å²) in [4.78, 5) is 18.2. The Hall–Kier alpha value is -1.99. The molecule has 6 nitrogen and oxygen atoms in total. The minimum Gasteiger partial charge on any atom is -0.372 e.